The van der Waals surface area contributed by atoms with Gasteiger partial charge in [-0.15, -0.1) is 0 Å². The predicted molar refractivity (Wildman–Crippen MR) is 77.2 cm³/mol. The molecule has 0 radical (unpaired) electrons. The smallest absolute Gasteiger partial charge is 0.211 e. The molecule has 1 aliphatic rings. The fourth-order valence-corrected chi connectivity index (χ4v) is 3.35. The number of aromatic nitrogens is 1. The third-order valence-corrected chi connectivity index (χ3v) is 4.98. The summed E-state index contributed by atoms with van der Waals surface area (Å²) < 4.78 is 50.9. The Morgan fingerprint density at radius 2 is 1.95 bits per heavy atom. The largest absolute Gasteiger partial charge is 0.360 e. The molecule has 4 nitrogen and oxygen atoms in total. The van der Waals surface area contributed by atoms with Gasteiger partial charge in [-0.25, -0.2) is 17.2 Å². The van der Waals surface area contributed by atoms with Crippen LogP contribution in [0.5, 0.6) is 0 Å². The van der Waals surface area contributed by atoms with Crippen LogP contribution >= 0.6 is 0 Å². The van der Waals surface area contributed by atoms with Crippen LogP contribution in [0, 0.1) is 11.6 Å². The summed E-state index contributed by atoms with van der Waals surface area (Å²) in [6.07, 6.45) is 5.23. The second kappa shape index (κ2) is 4.92. The highest BCUT2D eigenvalue weighted by Gasteiger charge is 2.21. The quantitative estimate of drug-likeness (QED) is 0.926. The van der Waals surface area contributed by atoms with Crippen molar-refractivity contribution in [2.24, 2.45) is 0 Å². The number of nitrogens with zero attached hydrogens (tertiary/aromatic N) is 1. The average molecular weight is 312 g/mol. The van der Waals surface area contributed by atoms with Gasteiger partial charge in [0, 0.05) is 41.8 Å². The topological polar surface area (TPSA) is 53.2 Å². The molecule has 0 amide bonds. The van der Waals surface area contributed by atoms with E-state index in [1.165, 1.54) is 16.6 Å². The molecular formula is C14H14F2N2O2S. The Hall–Kier alpha value is -1.73. The van der Waals surface area contributed by atoms with E-state index < -0.39 is 21.7 Å². The molecule has 0 fully saturated rings. The zero-order valence-corrected chi connectivity index (χ0v) is 12.2. The third-order valence-electron chi connectivity index (χ3n) is 3.71. The van der Waals surface area contributed by atoms with Gasteiger partial charge < -0.3 is 4.98 Å². The van der Waals surface area contributed by atoms with Gasteiger partial charge in [0.05, 0.1) is 6.26 Å². The molecule has 1 N–H and O–H groups in total. The van der Waals surface area contributed by atoms with Gasteiger partial charge in [-0.3, -0.25) is 0 Å². The lowest BCUT2D eigenvalue weighted by atomic mass is 9.99. The Kier molecular flexibility index (Phi) is 3.33. The molecule has 2 aromatic rings. The van der Waals surface area contributed by atoms with E-state index in [1.54, 1.807) is 6.20 Å². The highest BCUT2D eigenvalue weighted by atomic mass is 32.2. The molecule has 7 heteroatoms. The van der Waals surface area contributed by atoms with Gasteiger partial charge in [0.25, 0.3) is 0 Å². The minimum absolute atomic E-state index is 0.296. The zero-order chi connectivity index (χ0) is 15.2. The van der Waals surface area contributed by atoms with Gasteiger partial charge in [0.15, 0.2) is 11.6 Å². The normalized spacial score (nSPS) is 17.2. The lowest BCUT2D eigenvalue weighted by Gasteiger charge is -2.24. The number of rotatable bonds is 2. The second-order valence-electron chi connectivity index (χ2n) is 5.11. The van der Waals surface area contributed by atoms with E-state index in [4.69, 9.17) is 0 Å². The van der Waals surface area contributed by atoms with Crippen molar-refractivity contribution in [1.29, 1.82) is 0 Å². The van der Waals surface area contributed by atoms with Crippen LogP contribution in [0.2, 0.25) is 0 Å². The summed E-state index contributed by atoms with van der Waals surface area (Å²) in [5.41, 5.74) is 2.25. The fourth-order valence-electron chi connectivity index (χ4n) is 2.58. The molecule has 0 bridgehead atoms. The average Bonchev–Trinajstić information content (AvgIpc) is 2.81. The van der Waals surface area contributed by atoms with Gasteiger partial charge in [0.2, 0.25) is 10.0 Å². The molecule has 1 aromatic carbocycles. The number of hydrogen-bond donors (Lipinski definition) is 1. The lowest BCUT2D eigenvalue weighted by molar-refractivity contribution is 0.446. The molecule has 0 saturated carbocycles. The van der Waals surface area contributed by atoms with Gasteiger partial charge >= 0.3 is 0 Å². The van der Waals surface area contributed by atoms with Gasteiger partial charge in [-0.1, -0.05) is 6.08 Å². The van der Waals surface area contributed by atoms with E-state index in [2.05, 4.69) is 4.98 Å². The summed E-state index contributed by atoms with van der Waals surface area (Å²) in [5.74, 6) is -1.78. The molecule has 0 atom stereocenters. The minimum Gasteiger partial charge on any atom is -0.360 e. The standard InChI is InChI=1S/C14H14F2N2O2S/c1-21(19,20)18-4-2-9(3-5-18)11-8-17-14-7-13(16)12(15)6-10(11)14/h2,6-8,17H,3-5H2,1H3. The molecule has 0 spiro atoms. The molecule has 3 rings (SSSR count). The van der Waals surface area contributed by atoms with Crippen molar-refractivity contribution in [2.45, 2.75) is 6.42 Å². The van der Waals surface area contributed by atoms with E-state index >= 15 is 0 Å². The lowest BCUT2D eigenvalue weighted by Crippen LogP contribution is -2.33. The summed E-state index contributed by atoms with van der Waals surface area (Å²) in [5, 5.41) is 0.605. The van der Waals surface area contributed by atoms with Gasteiger partial charge in [0.1, 0.15) is 0 Å². The number of halogens is 2. The van der Waals surface area contributed by atoms with Crippen LogP contribution in [0.3, 0.4) is 0 Å². The summed E-state index contributed by atoms with van der Waals surface area (Å²) in [6.45, 7) is 0.686. The van der Waals surface area contributed by atoms with Crippen LogP contribution in [0.15, 0.2) is 24.4 Å². The Bertz CT molecular complexity index is 840. The highest BCUT2D eigenvalue weighted by Crippen LogP contribution is 2.30. The molecule has 1 aromatic heterocycles. The van der Waals surface area contributed by atoms with Crippen LogP contribution in [0.25, 0.3) is 16.5 Å². The second-order valence-corrected chi connectivity index (χ2v) is 7.10. The maximum atomic E-state index is 13.4. The first-order chi connectivity index (χ1) is 9.86. The Balaban J connectivity index is 1.99. The van der Waals surface area contributed by atoms with Crippen LogP contribution in [0.1, 0.15) is 12.0 Å². The summed E-state index contributed by atoms with van der Waals surface area (Å²) >= 11 is 0. The summed E-state index contributed by atoms with van der Waals surface area (Å²) in [6, 6.07) is 2.29. The Morgan fingerprint density at radius 3 is 2.57 bits per heavy atom. The Morgan fingerprint density at radius 1 is 1.24 bits per heavy atom. The molecule has 0 saturated heterocycles. The first-order valence-electron chi connectivity index (χ1n) is 6.47. The Labute approximate surface area is 121 Å². The van der Waals surface area contributed by atoms with E-state index in [0.29, 0.717) is 30.4 Å². The predicted octanol–water partition coefficient (Wildman–Crippen LogP) is 2.49. The van der Waals surface area contributed by atoms with E-state index in [0.717, 1.165) is 17.2 Å². The van der Waals surface area contributed by atoms with Crippen molar-refractivity contribution >= 4 is 26.5 Å². The zero-order valence-electron chi connectivity index (χ0n) is 11.4. The third kappa shape index (κ3) is 2.58. The van der Waals surface area contributed by atoms with E-state index in [-0.39, 0.29) is 0 Å². The number of H-pyrrole nitrogens is 1. The fraction of sp³-hybridized carbons (Fsp3) is 0.286. The van der Waals surface area contributed by atoms with Gasteiger partial charge in [-0.05, 0) is 18.1 Å². The number of hydrogen-bond acceptors (Lipinski definition) is 2. The number of benzene rings is 1. The highest BCUT2D eigenvalue weighted by molar-refractivity contribution is 7.88. The van der Waals surface area contributed by atoms with Gasteiger partial charge in [-0.2, -0.15) is 4.31 Å². The van der Waals surface area contributed by atoms with Crippen molar-refractivity contribution in [3.8, 4) is 0 Å². The maximum absolute atomic E-state index is 13.4. The van der Waals surface area contributed by atoms with Crippen molar-refractivity contribution in [3.63, 3.8) is 0 Å². The van der Waals surface area contributed by atoms with Crippen LogP contribution < -0.4 is 0 Å². The number of aromatic amines is 1. The van der Waals surface area contributed by atoms with Crippen molar-refractivity contribution < 1.29 is 17.2 Å². The molecule has 112 valence electrons. The first-order valence-corrected chi connectivity index (χ1v) is 8.32. The molecule has 2 heterocycles. The van der Waals surface area contributed by atoms with Crippen LogP contribution in [-0.4, -0.2) is 37.1 Å². The molecule has 0 unspecified atom stereocenters. The van der Waals surface area contributed by atoms with Crippen LogP contribution in [0.4, 0.5) is 8.78 Å². The number of sulfonamides is 1. The minimum atomic E-state index is -3.20. The number of fused-ring (bicyclic) bond motifs is 1. The number of nitrogens with one attached hydrogen (secondary N) is 1. The van der Waals surface area contributed by atoms with E-state index in [9.17, 15) is 17.2 Å². The van der Waals surface area contributed by atoms with Crippen molar-refractivity contribution in [2.75, 3.05) is 19.3 Å². The van der Waals surface area contributed by atoms with E-state index in [1.807, 2.05) is 6.08 Å². The molecule has 0 aliphatic carbocycles. The van der Waals surface area contributed by atoms with Crippen LogP contribution in [-0.2, 0) is 10.0 Å². The summed E-state index contributed by atoms with van der Waals surface area (Å²) in [7, 11) is -3.20. The monoisotopic (exact) mass is 312 g/mol. The van der Waals surface area contributed by atoms with Crippen molar-refractivity contribution in [1.82, 2.24) is 9.29 Å². The molecule has 1 aliphatic heterocycles. The first kappa shape index (κ1) is 14.2. The molecular weight excluding hydrogens is 298 g/mol. The maximum Gasteiger partial charge on any atom is 0.211 e. The van der Waals surface area contributed by atoms with Crippen molar-refractivity contribution in [3.05, 3.63) is 41.6 Å². The summed E-state index contributed by atoms with van der Waals surface area (Å²) in [4.78, 5) is 2.92. The molecule has 21 heavy (non-hydrogen) atoms. The SMILES string of the molecule is CS(=O)(=O)N1CC=C(c2c[nH]c3cc(F)c(F)cc23)CC1.